The number of piperidine rings is 1. The lowest BCUT2D eigenvalue weighted by Crippen LogP contribution is -2.53. The zero-order chi connectivity index (χ0) is 23.7. The van der Waals surface area contributed by atoms with E-state index >= 15 is 0 Å². The highest BCUT2D eigenvalue weighted by molar-refractivity contribution is 5.80. The van der Waals surface area contributed by atoms with Crippen molar-refractivity contribution in [3.63, 3.8) is 0 Å². The Bertz CT molecular complexity index is 1250. The number of anilines is 2. The SMILES string of the molecule is COc1cccc(N2CCN(C(=O)C3CCCN(c4nc5cccnc5n(C)c4=O)C3)CC2)c1. The van der Waals surface area contributed by atoms with Crippen LogP contribution in [0.4, 0.5) is 11.5 Å². The number of nitrogens with zero attached hydrogens (tertiary/aromatic N) is 6. The molecule has 0 radical (unpaired) electrons. The van der Waals surface area contributed by atoms with Gasteiger partial charge in [0.15, 0.2) is 11.5 Å². The molecule has 2 fully saturated rings. The third-order valence-electron chi connectivity index (χ3n) is 6.89. The van der Waals surface area contributed by atoms with Crippen LogP contribution in [0.2, 0.25) is 0 Å². The van der Waals surface area contributed by atoms with Crippen LogP contribution in [-0.2, 0) is 11.8 Å². The van der Waals surface area contributed by atoms with Crippen LogP contribution in [-0.4, -0.2) is 71.7 Å². The Kier molecular flexibility index (Phi) is 6.08. The van der Waals surface area contributed by atoms with Crippen LogP contribution in [0.15, 0.2) is 47.4 Å². The lowest BCUT2D eigenvalue weighted by Gasteiger charge is -2.40. The Balaban J connectivity index is 1.27. The fraction of sp³-hybridized carbons (Fsp3) is 0.440. The van der Waals surface area contributed by atoms with E-state index < -0.39 is 0 Å². The van der Waals surface area contributed by atoms with Gasteiger partial charge in [0.05, 0.1) is 13.0 Å². The minimum absolute atomic E-state index is 0.131. The second kappa shape index (κ2) is 9.32. The fourth-order valence-electron chi connectivity index (χ4n) is 4.97. The van der Waals surface area contributed by atoms with Crippen molar-refractivity contribution >= 4 is 28.6 Å². The van der Waals surface area contributed by atoms with Gasteiger partial charge in [0.1, 0.15) is 11.3 Å². The van der Waals surface area contributed by atoms with Crippen molar-refractivity contribution in [2.75, 3.05) is 56.2 Å². The Labute approximate surface area is 198 Å². The first kappa shape index (κ1) is 22.2. The number of aromatic nitrogens is 3. The van der Waals surface area contributed by atoms with Crippen molar-refractivity contribution in [1.29, 1.82) is 0 Å². The fourth-order valence-corrected chi connectivity index (χ4v) is 4.97. The molecule has 4 heterocycles. The smallest absolute Gasteiger partial charge is 0.294 e. The molecule has 0 aliphatic carbocycles. The summed E-state index contributed by atoms with van der Waals surface area (Å²) in [5.74, 6) is 1.29. The number of piperazine rings is 1. The Morgan fingerprint density at radius 1 is 1.06 bits per heavy atom. The monoisotopic (exact) mass is 462 g/mol. The van der Waals surface area contributed by atoms with Crippen LogP contribution >= 0.6 is 0 Å². The average Bonchev–Trinajstić information content (AvgIpc) is 2.90. The van der Waals surface area contributed by atoms with E-state index in [9.17, 15) is 9.59 Å². The molecule has 1 amide bonds. The van der Waals surface area contributed by atoms with E-state index in [2.05, 4.69) is 20.9 Å². The number of amides is 1. The minimum Gasteiger partial charge on any atom is -0.497 e. The maximum Gasteiger partial charge on any atom is 0.294 e. The molecular weight excluding hydrogens is 432 g/mol. The quantitative estimate of drug-likeness (QED) is 0.586. The number of pyridine rings is 1. The molecule has 0 saturated carbocycles. The van der Waals surface area contributed by atoms with Crippen molar-refractivity contribution in [3.8, 4) is 5.75 Å². The standard InChI is InChI=1S/C25H30N6O3/c1-28-22-21(9-4-10-26-22)27-23(25(28)33)31-11-5-6-18(17-31)24(32)30-14-12-29(13-15-30)19-7-3-8-20(16-19)34-2/h3-4,7-10,16,18H,5-6,11-15,17H2,1-2H3. The Hall–Kier alpha value is -3.62. The van der Waals surface area contributed by atoms with E-state index in [0.29, 0.717) is 36.6 Å². The van der Waals surface area contributed by atoms with Crippen molar-refractivity contribution in [2.45, 2.75) is 12.8 Å². The van der Waals surface area contributed by atoms with Gasteiger partial charge in [-0.2, -0.15) is 0 Å². The second-order valence-corrected chi connectivity index (χ2v) is 8.94. The summed E-state index contributed by atoms with van der Waals surface area (Å²) in [6.45, 7) is 4.19. The van der Waals surface area contributed by atoms with Crippen LogP contribution in [0, 0.1) is 5.92 Å². The number of aryl methyl sites for hydroxylation is 1. The van der Waals surface area contributed by atoms with Gasteiger partial charge >= 0.3 is 0 Å². The zero-order valence-corrected chi connectivity index (χ0v) is 19.7. The number of methoxy groups -OCH3 is 1. The largest absolute Gasteiger partial charge is 0.497 e. The van der Waals surface area contributed by atoms with Crippen molar-refractivity contribution in [1.82, 2.24) is 19.4 Å². The third-order valence-corrected chi connectivity index (χ3v) is 6.89. The highest BCUT2D eigenvalue weighted by atomic mass is 16.5. The maximum atomic E-state index is 13.4. The summed E-state index contributed by atoms with van der Waals surface area (Å²) < 4.78 is 6.88. The summed E-state index contributed by atoms with van der Waals surface area (Å²) in [6.07, 6.45) is 3.35. The molecule has 2 saturated heterocycles. The lowest BCUT2D eigenvalue weighted by molar-refractivity contribution is -0.136. The third kappa shape index (κ3) is 4.18. The number of carbonyl (C=O) groups is 1. The van der Waals surface area contributed by atoms with Gasteiger partial charge in [-0.1, -0.05) is 6.07 Å². The van der Waals surface area contributed by atoms with Gasteiger partial charge in [0.25, 0.3) is 5.56 Å². The van der Waals surface area contributed by atoms with Gasteiger partial charge in [-0.05, 0) is 37.1 Å². The lowest BCUT2D eigenvalue weighted by atomic mass is 9.96. The van der Waals surface area contributed by atoms with Gasteiger partial charge in [0.2, 0.25) is 5.91 Å². The Morgan fingerprint density at radius 2 is 1.88 bits per heavy atom. The molecular formula is C25H30N6O3. The normalized spacial score (nSPS) is 18.9. The summed E-state index contributed by atoms with van der Waals surface area (Å²) in [6, 6.07) is 11.7. The number of hydrogen-bond acceptors (Lipinski definition) is 7. The van der Waals surface area contributed by atoms with Gasteiger partial charge in [-0.25, -0.2) is 9.97 Å². The Morgan fingerprint density at radius 3 is 2.68 bits per heavy atom. The van der Waals surface area contributed by atoms with Crippen molar-refractivity contribution < 1.29 is 9.53 Å². The summed E-state index contributed by atoms with van der Waals surface area (Å²) in [5, 5.41) is 0. The summed E-state index contributed by atoms with van der Waals surface area (Å²) in [7, 11) is 3.39. The van der Waals surface area contributed by atoms with Crippen LogP contribution in [0.5, 0.6) is 5.75 Å². The molecule has 1 atom stereocenters. The van der Waals surface area contributed by atoms with Gasteiger partial charge < -0.3 is 19.4 Å². The first-order chi connectivity index (χ1) is 16.5. The highest BCUT2D eigenvalue weighted by Crippen LogP contribution is 2.25. The minimum atomic E-state index is -0.175. The topological polar surface area (TPSA) is 83.8 Å². The molecule has 0 spiro atoms. The second-order valence-electron chi connectivity index (χ2n) is 8.94. The zero-order valence-electron chi connectivity index (χ0n) is 19.7. The van der Waals surface area contributed by atoms with E-state index in [4.69, 9.17) is 4.74 Å². The molecule has 0 bridgehead atoms. The van der Waals surface area contributed by atoms with Crippen LogP contribution in [0.3, 0.4) is 0 Å². The number of carbonyl (C=O) groups excluding carboxylic acids is 1. The van der Waals surface area contributed by atoms with E-state index in [1.807, 2.05) is 40.1 Å². The van der Waals surface area contributed by atoms with Gasteiger partial charge in [-0.15, -0.1) is 0 Å². The molecule has 5 rings (SSSR count). The first-order valence-corrected chi connectivity index (χ1v) is 11.8. The van der Waals surface area contributed by atoms with Crippen molar-refractivity contribution in [2.24, 2.45) is 13.0 Å². The predicted molar refractivity (Wildman–Crippen MR) is 132 cm³/mol. The van der Waals surface area contributed by atoms with Crippen LogP contribution < -0.4 is 20.1 Å². The van der Waals surface area contributed by atoms with Gasteiger partial charge in [-0.3, -0.25) is 14.2 Å². The molecule has 9 heteroatoms. The van der Waals surface area contributed by atoms with Crippen molar-refractivity contribution in [3.05, 3.63) is 52.9 Å². The molecule has 2 aliphatic heterocycles. The number of hydrogen-bond donors (Lipinski definition) is 0. The summed E-state index contributed by atoms with van der Waals surface area (Å²) in [4.78, 5) is 41.5. The molecule has 2 aromatic heterocycles. The number of ether oxygens (including phenoxy) is 1. The molecule has 1 aromatic carbocycles. The molecule has 178 valence electrons. The molecule has 2 aliphatic rings. The summed E-state index contributed by atoms with van der Waals surface area (Å²) >= 11 is 0. The van der Waals surface area contributed by atoms with Crippen LogP contribution in [0.25, 0.3) is 11.2 Å². The number of benzene rings is 1. The average molecular weight is 463 g/mol. The summed E-state index contributed by atoms with van der Waals surface area (Å²) in [5.41, 5.74) is 2.19. The van der Waals surface area contributed by atoms with E-state index in [0.717, 1.165) is 43.9 Å². The number of rotatable bonds is 4. The molecule has 3 aromatic rings. The molecule has 1 unspecified atom stereocenters. The molecule has 34 heavy (non-hydrogen) atoms. The first-order valence-electron chi connectivity index (χ1n) is 11.8. The van der Waals surface area contributed by atoms with E-state index in [-0.39, 0.29) is 17.4 Å². The van der Waals surface area contributed by atoms with E-state index in [1.165, 1.54) is 0 Å². The molecule has 9 nitrogen and oxygen atoms in total. The van der Waals surface area contributed by atoms with Crippen LogP contribution in [0.1, 0.15) is 12.8 Å². The van der Waals surface area contributed by atoms with Gasteiger partial charge in [0, 0.05) is 64.3 Å². The molecule has 0 N–H and O–H groups in total. The predicted octanol–water partition coefficient (Wildman–Crippen LogP) is 1.90. The maximum absolute atomic E-state index is 13.4. The highest BCUT2D eigenvalue weighted by Gasteiger charge is 2.32. The number of fused-ring (bicyclic) bond motifs is 1. The van der Waals surface area contributed by atoms with E-state index in [1.54, 1.807) is 24.9 Å².